The molecule has 0 radical (unpaired) electrons. The third kappa shape index (κ3) is 4.34. The maximum Gasteiger partial charge on any atom is 0.239 e. The normalized spacial score (nSPS) is 18.4. The topological polar surface area (TPSA) is 41.1 Å². The van der Waals surface area contributed by atoms with Crippen LogP contribution in [0.1, 0.15) is 33.6 Å². The van der Waals surface area contributed by atoms with Gasteiger partial charge in [0.15, 0.2) is 0 Å². The Kier molecular flexibility index (Phi) is 5.62. The quantitative estimate of drug-likeness (QED) is 0.772. The van der Waals surface area contributed by atoms with Crippen LogP contribution in [-0.2, 0) is 4.79 Å². The van der Waals surface area contributed by atoms with Crippen LogP contribution in [0, 0.1) is 5.92 Å². The zero-order chi connectivity index (χ0) is 12.0. The highest BCUT2D eigenvalue weighted by molar-refractivity contribution is 7.99. The van der Waals surface area contributed by atoms with Crippen LogP contribution in [0.3, 0.4) is 0 Å². The van der Waals surface area contributed by atoms with Gasteiger partial charge in [-0.25, -0.2) is 0 Å². The molecule has 1 saturated heterocycles. The molecule has 0 bridgehead atoms. The Morgan fingerprint density at radius 2 is 2.00 bits per heavy atom. The van der Waals surface area contributed by atoms with Crippen molar-refractivity contribution in [1.82, 2.24) is 10.6 Å². The number of carbonyl (C=O) groups excluding carboxylic acids is 1. The van der Waals surface area contributed by atoms with Gasteiger partial charge in [-0.2, -0.15) is 11.8 Å². The molecule has 1 aliphatic rings. The Labute approximate surface area is 103 Å². The van der Waals surface area contributed by atoms with E-state index in [1.165, 1.54) is 24.3 Å². The van der Waals surface area contributed by atoms with Gasteiger partial charge in [0.05, 0.1) is 5.54 Å². The van der Waals surface area contributed by atoms with Crippen LogP contribution < -0.4 is 10.6 Å². The number of amides is 1. The zero-order valence-electron chi connectivity index (χ0n) is 10.6. The van der Waals surface area contributed by atoms with E-state index >= 15 is 0 Å². The molecular weight excluding hydrogens is 220 g/mol. The second kappa shape index (κ2) is 6.50. The Hall–Kier alpha value is -0.220. The van der Waals surface area contributed by atoms with Gasteiger partial charge < -0.3 is 10.6 Å². The van der Waals surface area contributed by atoms with Crippen molar-refractivity contribution in [2.75, 3.05) is 24.6 Å². The smallest absolute Gasteiger partial charge is 0.239 e. The second-order valence-corrected chi connectivity index (χ2v) is 6.15. The van der Waals surface area contributed by atoms with Gasteiger partial charge in [0.1, 0.15) is 0 Å². The van der Waals surface area contributed by atoms with Gasteiger partial charge in [-0.3, -0.25) is 4.79 Å². The molecule has 1 amide bonds. The minimum absolute atomic E-state index is 0.118. The summed E-state index contributed by atoms with van der Waals surface area (Å²) in [6.45, 7) is 7.55. The van der Waals surface area contributed by atoms with E-state index in [1.807, 2.05) is 32.5 Å². The first-order chi connectivity index (χ1) is 7.56. The minimum atomic E-state index is -0.446. The van der Waals surface area contributed by atoms with E-state index < -0.39 is 5.54 Å². The van der Waals surface area contributed by atoms with Gasteiger partial charge in [-0.15, -0.1) is 0 Å². The fourth-order valence-electron chi connectivity index (χ4n) is 1.93. The number of hydrogen-bond donors (Lipinski definition) is 2. The summed E-state index contributed by atoms with van der Waals surface area (Å²) in [5.41, 5.74) is -0.446. The van der Waals surface area contributed by atoms with Crippen molar-refractivity contribution in [3.63, 3.8) is 0 Å². The standard InChI is InChI=1S/C12H24N2OS/c1-4-14-12(2,3)11(15)13-9-10-5-7-16-8-6-10/h10,14H,4-9H2,1-3H3,(H,13,15). The third-order valence-corrected chi connectivity index (χ3v) is 4.13. The number of carbonyl (C=O) groups is 1. The average molecular weight is 244 g/mol. The van der Waals surface area contributed by atoms with Crippen LogP contribution in [0.15, 0.2) is 0 Å². The van der Waals surface area contributed by atoms with Gasteiger partial charge in [0, 0.05) is 6.54 Å². The lowest BCUT2D eigenvalue weighted by molar-refractivity contribution is -0.126. The molecule has 1 rings (SSSR count). The van der Waals surface area contributed by atoms with Crippen LogP contribution >= 0.6 is 11.8 Å². The molecule has 2 N–H and O–H groups in total. The molecule has 94 valence electrons. The van der Waals surface area contributed by atoms with Crippen molar-refractivity contribution in [2.45, 2.75) is 39.2 Å². The zero-order valence-corrected chi connectivity index (χ0v) is 11.5. The van der Waals surface area contributed by atoms with E-state index in [-0.39, 0.29) is 5.91 Å². The van der Waals surface area contributed by atoms with Crippen molar-refractivity contribution >= 4 is 17.7 Å². The number of nitrogens with one attached hydrogen (secondary N) is 2. The molecule has 0 spiro atoms. The highest BCUT2D eigenvalue weighted by Crippen LogP contribution is 2.21. The largest absolute Gasteiger partial charge is 0.354 e. The van der Waals surface area contributed by atoms with E-state index in [2.05, 4.69) is 10.6 Å². The summed E-state index contributed by atoms with van der Waals surface area (Å²) >= 11 is 2.02. The van der Waals surface area contributed by atoms with Crippen molar-refractivity contribution < 1.29 is 4.79 Å². The van der Waals surface area contributed by atoms with E-state index in [0.29, 0.717) is 5.92 Å². The van der Waals surface area contributed by atoms with Gasteiger partial charge in [-0.05, 0) is 50.7 Å². The molecule has 16 heavy (non-hydrogen) atoms. The minimum Gasteiger partial charge on any atom is -0.354 e. The lowest BCUT2D eigenvalue weighted by Gasteiger charge is -2.27. The molecule has 0 aromatic heterocycles. The summed E-state index contributed by atoms with van der Waals surface area (Å²) in [6, 6.07) is 0. The molecule has 0 saturated carbocycles. The molecule has 1 fully saturated rings. The molecule has 0 atom stereocenters. The van der Waals surface area contributed by atoms with Gasteiger partial charge in [-0.1, -0.05) is 6.92 Å². The molecule has 0 aromatic rings. The Bertz CT molecular complexity index is 225. The Balaban J connectivity index is 2.28. The first-order valence-corrected chi connectivity index (χ1v) is 7.33. The predicted octanol–water partition coefficient (Wildman–Crippen LogP) is 1.63. The molecule has 4 heteroatoms. The summed E-state index contributed by atoms with van der Waals surface area (Å²) in [4.78, 5) is 11.9. The molecule has 3 nitrogen and oxygen atoms in total. The third-order valence-electron chi connectivity index (χ3n) is 3.08. The molecule has 1 aliphatic heterocycles. The van der Waals surface area contributed by atoms with Crippen molar-refractivity contribution in [2.24, 2.45) is 5.92 Å². The maximum absolute atomic E-state index is 11.9. The fraction of sp³-hybridized carbons (Fsp3) is 0.917. The van der Waals surface area contributed by atoms with Crippen LogP contribution in [0.5, 0.6) is 0 Å². The first-order valence-electron chi connectivity index (χ1n) is 6.17. The summed E-state index contributed by atoms with van der Waals surface area (Å²) in [6.07, 6.45) is 2.49. The van der Waals surface area contributed by atoms with E-state index in [1.54, 1.807) is 0 Å². The Morgan fingerprint density at radius 1 is 1.38 bits per heavy atom. The first kappa shape index (κ1) is 13.8. The highest BCUT2D eigenvalue weighted by atomic mass is 32.2. The molecule has 0 aromatic carbocycles. The molecular formula is C12H24N2OS. The summed E-state index contributed by atoms with van der Waals surface area (Å²) < 4.78 is 0. The average Bonchev–Trinajstić information content (AvgIpc) is 2.27. The van der Waals surface area contributed by atoms with E-state index in [0.717, 1.165) is 13.1 Å². The summed E-state index contributed by atoms with van der Waals surface area (Å²) in [5, 5.41) is 6.26. The predicted molar refractivity (Wildman–Crippen MR) is 70.8 cm³/mol. The number of rotatable bonds is 5. The lowest BCUT2D eigenvalue weighted by Crippen LogP contribution is -2.53. The number of hydrogen-bond acceptors (Lipinski definition) is 3. The molecule has 0 aliphatic carbocycles. The maximum atomic E-state index is 11.9. The molecule has 1 heterocycles. The second-order valence-electron chi connectivity index (χ2n) is 4.92. The monoisotopic (exact) mass is 244 g/mol. The molecule has 0 unspecified atom stereocenters. The van der Waals surface area contributed by atoms with Gasteiger partial charge >= 0.3 is 0 Å². The highest BCUT2D eigenvalue weighted by Gasteiger charge is 2.26. The van der Waals surface area contributed by atoms with E-state index in [4.69, 9.17) is 0 Å². The van der Waals surface area contributed by atoms with Crippen LogP contribution in [0.2, 0.25) is 0 Å². The summed E-state index contributed by atoms with van der Waals surface area (Å²) in [5.74, 6) is 3.30. The lowest BCUT2D eigenvalue weighted by atomic mass is 10.0. The van der Waals surface area contributed by atoms with Crippen LogP contribution in [0.4, 0.5) is 0 Å². The van der Waals surface area contributed by atoms with Crippen molar-refractivity contribution in [1.29, 1.82) is 0 Å². The Morgan fingerprint density at radius 3 is 2.56 bits per heavy atom. The number of thioether (sulfide) groups is 1. The van der Waals surface area contributed by atoms with Gasteiger partial charge in [0.2, 0.25) is 5.91 Å². The van der Waals surface area contributed by atoms with Gasteiger partial charge in [0.25, 0.3) is 0 Å². The fourth-order valence-corrected chi connectivity index (χ4v) is 3.13. The van der Waals surface area contributed by atoms with Crippen LogP contribution in [-0.4, -0.2) is 36.0 Å². The van der Waals surface area contributed by atoms with Crippen molar-refractivity contribution in [3.05, 3.63) is 0 Å². The number of likely N-dealkylation sites (N-methyl/N-ethyl adjacent to an activating group) is 1. The summed E-state index contributed by atoms with van der Waals surface area (Å²) in [7, 11) is 0. The van der Waals surface area contributed by atoms with E-state index in [9.17, 15) is 4.79 Å². The van der Waals surface area contributed by atoms with Crippen molar-refractivity contribution in [3.8, 4) is 0 Å². The SMILES string of the molecule is CCNC(C)(C)C(=O)NCC1CCSCC1. The van der Waals surface area contributed by atoms with Crippen LogP contribution in [0.25, 0.3) is 0 Å².